The molecule has 0 unspecified atom stereocenters. The molecule has 2 aromatic carbocycles. The van der Waals surface area contributed by atoms with Crippen LogP contribution in [-0.2, 0) is 9.59 Å². The van der Waals surface area contributed by atoms with E-state index in [0.717, 1.165) is 26.7 Å². The van der Waals surface area contributed by atoms with Gasteiger partial charge in [0, 0.05) is 16.1 Å². The fourth-order valence-electron chi connectivity index (χ4n) is 3.07. The Morgan fingerprint density at radius 3 is 2.47 bits per heavy atom. The fraction of sp³-hybridized carbons (Fsp3) is 0.0455. The maximum absolute atomic E-state index is 13.0. The molecule has 1 aliphatic heterocycles. The molecule has 150 valence electrons. The van der Waals surface area contributed by atoms with Gasteiger partial charge in [-0.2, -0.15) is 0 Å². The molecule has 0 spiro atoms. The number of carbonyl (C=O) groups is 2. The number of benzene rings is 2. The van der Waals surface area contributed by atoms with Gasteiger partial charge in [0.15, 0.2) is 6.04 Å². The van der Waals surface area contributed by atoms with Gasteiger partial charge in [-0.05, 0) is 29.8 Å². The van der Waals surface area contributed by atoms with Crippen LogP contribution >= 0.6 is 39.9 Å². The third-order valence-electron chi connectivity index (χ3n) is 4.46. The number of halogens is 1. The average Bonchev–Trinajstić information content (AvgIpc) is 3.30. The summed E-state index contributed by atoms with van der Waals surface area (Å²) in [5.74, 6) is -0.450. The van der Waals surface area contributed by atoms with E-state index in [4.69, 9.17) is 16.6 Å². The van der Waals surface area contributed by atoms with Crippen molar-refractivity contribution in [3.63, 3.8) is 0 Å². The lowest BCUT2D eigenvalue weighted by atomic mass is 10.1. The minimum absolute atomic E-state index is 0.196. The van der Waals surface area contributed by atoms with Crippen LogP contribution in [0.15, 0.2) is 80.5 Å². The molecule has 1 atom stereocenters. The second-order valence-corrected chi connectivity index (χ2v) is 9.00. The van der Waals surface area contributed by atoms with E-state index in [1.807, 2.05) is 30.3 Å². The van der Waals surface area contributed by atoms with Crippen molar-refractivity contribution in [2.75, 3.05) is 0 Å². The number of hydrogen-bond donors (Lipinski definition) is 1. The van der Waals surface area contributed by atoms with Gasteiger partial charge in [0.25, 0.3) is 5.91 Å². The zero-order valence-electron chi connectivity index (χ0n) is 15.3. The molecule has 0 aliphatic carbocycles. The van der Waals surface area contributed by atoms with Gasteiger partial charge >= 0.3 is 5.97 Å². The standard InChI is InChI=1S/C22H14BrNO4S2/c23-15-8-6-13(7-9-15)17-11-10-16(28-17)12-18-20(25)24(22(29)30-18)19(21(26)27)14-4-2-1-3-5-14/h1-12,19H,(H,26,27)/b18-12+/t19-/m0/s1. The van der Waals surface area contributed by atoms with Gasteiger partial charge in [-0.1, -0.05) is 82.4 Å². The Morgan fingerprint density at radius 1 is 1.10 bits per heavy atom. The molecule has 0 saturated carbocycles. The molecule has 5 nitrogen and oxygen atoms in total. The van der Waals surface area contributed by atoms with E-state index in [1.165, 1.54) is 0 Å². The van der Waals surface area contributed by atoms with E-state index in [-0.39, 0.29) is 4.32 Å². The molecule has 1 N–H and O–H groups in total. The zero-order valence-corrected chi connectivity index (χ0v) is 18.5. The van der Waals surface area contributed by atoms with E-state index < -0.39 is 17.9 Å². The van der Waals surface area contributed by atoms with Crippen LogP contribution in [0.25, 0.3) is 17.4 Å². The number of aliphatic carboxylic acids is 1. The smallest absolute Gasteiger partial charge is 0.331 e. The fourth-order valence-corrected chi connectivity index (χ4v) is 4.63. The Kier molecular flexibility index (Phi) is 5.90. The van der Waals surface area contributed by atoms with Gasteiger partial charge in [-0.3, -0.25) is 9.69 Å². The van der Waals surface area contributed by atoms with E-state index in [2.05, 4.69) is 15.9 Å². The van der Waals surface area contributed by atoms with Gasteiger partial charge in [0.05, 0.1) is 4.91 Å². The van der Waals surface area contributed by atoms with Crippen LogP contribution in [0.3, 0.4) is 0 Å². The Labute approximate surface area is 190 Å². The Bertz CT molecular complexity index is 1160. The van der Waals surface area contributed by atoms with Gasteiger partial charge in [0.1, 0.15) is 15.8 Å². The molecule has 1 aromatic heterocycles. The average molecular weight is 500 g/mol. The number of furan rings is 1. The summed E-state index contributed by atoms with van der Waals surface area (Å²) in [6.07, 6.45) is 1.59. The van der Waals surface area contributed by atoms with Crippen LogP contribution in [0.5, 0.6) is 0 Å². The van der Waals surface area contributed by atoms with Crippen molar-refractivity contribution in [2.24, 2.45) is 0 Å². The number of rotatable bonds is 5. The topological polar surface area (TPSA) is 70.8 Å². The largest absolute Gasteiger partial charge is 0.479 e. The maximum Gasteiger partial charge on any atom is 0.331 e. The summed E-state index contributed by atoms with van der Waals surface area (Å²) in [6, 6.07) is 18.6. The highest BCUT2D eigenvalue weighted by Crippen LogP contribution is 2.38. The SMILES string of the molecule is O=C(O)[C@H](c1ccccc1)N1C(=O)/C(=C\c2ccc(-c3ccc(Br)cc3)o2)SC1=S. The first kappa shape index (κ1) is 20.6. The summed E-state index contributed by atoms with van der Waals surface area (Å²) < 4.78 is 7.01. The highest BCUT2D eigenvalue weighted by atomic mass is 79.9. The second kappa shape index (κ2) is 8.59. The normalized spacial score (nSPS) is 16.3. The van der Waals surface area contributed by atoms with Crippen LogP contribution in [0, 0.1) is 0 Å². The van der Waals surface area contributed by atoms with E-state index in [1.54, 1.807) is 42.5 Å². The third kappa shape index (κ3) is 4.12. The Morgan fingerprint density at radius 2 is 1.80 bits per heavy atom. The summed E-state index contributed by atoms with van der Waals surface area (Å²) >= 11 is 9.79. The van der Waals surface area contributed by atoms with Crippen molar-refractivity contribution in [3.8, 4) is 11.3 Å². The summed E-state index contributed by atoms with van der Waals surface area (Å²) in [5.41, 5.74) is 1.39. The monoisotopic (exact) mass is 499 g/mol. The van der Waals surface area contributed by atoms with Crippen molar-refractivity contribution in [1.82, 2.24) is 4.90 Å². The number of carboxylic acid groups (broad SMARTS) is 1. The van der Waals surface area contributed by atoms with Gasteiger partial charge in [0.2, 0.25) is 0 Å². The van der Waals surface area contributed by atoms with Crippen molar-refractivity contribution >= 4 is 62.2 Å². The van der Waals surface area contributed by atoms with Crippen molar-refractivity contribution in [3.05, 3.63) is 87.4 Å². The molecular weight excluding hydrogens is 486 g/mol. The molecule has 3 aromatic rings. The number of thioether (sulfide) groups is 1. The van der Waals surface area contributed by atoms with Crippen LogP contribution < -0.4 is 0 Å². The molecule has 2 heterocycles. The van der Waals surface area contributed by atoms with E-state index in [0.29, 0.717) is 22.0 Å². The number of carboxylic acids is 1. The molecular formula is C22H14BrNO4S2. The van der Waals surface area contributed by atoms with E-state index >= 15 is 0 Å². The zero-order chi connectivity index (χ0) is 21.3. The summed E-state index contributed by atoms with van der Waals surface area (Å²) in [4.78, 5) is 26.4. The molecule has 0 bridgehead atoms. The van der Waals surface area contributed by atoms with Gasteiger partial charge < -0.3 is 9.52 Å². The highest BCUT2D eigenvalue weighted by molar-refractivity contribution is 9.10. The predicted octanol–water partition coefficient (Wildman–Crippen LogP) is 5.74. The van der Waals surface area contributed by atoms with Gasteiger partial charge in [-0.15, -0.1) is 0 Å². The Hall–Kier alpha value is -2.68. The number of hydrogen-bond acceptors (Lipinski definition) is 5. The van der Waals surface area contributed by atoms with Crippen LogP contribution in [0.4, 0.5) is 0 Å². The minimum Gasteiger partial charge on any atom is -0.479 e. The Balaban J connectivity index is 1.62. The summed E-state index contributed by atoms with van der Waals surface area (Å²) in [5, 5.41) is 9.74. The molecule has 1 amide bonds. The molecule has 1 saturated heterocycles. The number of nitrogens with zero attached hydrogens (tertiary/aromatic N) is 1. The number of carbonyl (C=O) groups excluding carboxylic acids is 1. The molecule has 8 heteroatoms. The van der Waals surface area contributed by atoms with E-state index in [9.17, 15) is 14.7 Å². The first-order valence-corrected chi connectivity index (χ1v) is 10.9. The van der Waals surface area contributed by atoms with Crippen LogP contribution in [0.2, 0.25) is 0 Å². The third-order valence-corrected chi connectivity index (χ3v) is 6.32. The molecule has 1 fully saturated rings. The minimum atomic E-state index is -1.18. The molecule has 30 heavy (non-hydrogen) atoms. The van der Waals surface area contributed by atoms with Gasteiger partial charge in [-0.25, -0.2) is 4.79 Å². The number of amides is 1. The molecule has 1 aliphatic rings. The first-order chi connectivity index (χ1) is 14.4. The molecule has 4 rings (SSSR count). The van der Waals surface area contributed by atoms with Crippen molar-refractivity contribution < 1.29 is 19.1 Å². The highest BCUT2D eigenvalue weighted by Gasteiger charge is 2.41. The van der Waals surface area contributed by atoms with Crippen LogP contribution in [0.1, 0.15) is 17.4 Å². The van der Waals surface area contributed by atoms with Crippen LogP contribution in [-0.4, -0.2) is 26.2 Å². The lowest BCUT2D eigenvalue weighted by Gasteiger charge is -2.23. The summed E-state index contributed by atoms with van der Waals surface area (Å²) in [7, 11) is 0. The first-order valence-electron chi connectivity index (χ1n) is 8.84. The van der Waals surface area contributed by atoms with Crippen molar-refractivity contribution in [2.45, 2.75) is 6.04 Å². The lowest BCUT2D eigenvalue weighted by molar-refractivity contribution is -0.145. The number of thiocarbonyl (C=S) groups is 1. The quantitative estimate of drug-likeness (QED) is 0.356. The molecule has 0 radical (unpaired) electrons. The summed E-state index contributed by atoms with van der Waals surface area (Å²) in [6.45, 7) is 0. The lowest BCUT2D eigenvalue weighted by Crippen LogP contribution is -2.37. The maximum atomic E-state index is 13.0. The second-order valence-electron chi connectivity index (χ2n) is 6.41. The predicted molar refractivity (Wildman–Crippen MR) is 124 cm³/mol. The van der Waals surface area contributed by atoms with Crippen molar-refractivity contribution in [1.29, 1.82) is 0 Å².